The van der Waals surface area contributed by atoms with Gasteiger partial charge in [-0.3, -0.25) is 0 Å². The smallest absolute Gasteiger partial charge is 0.203 e. The molecule has 6 nitrogen and oxygen atoms in total. The van der Waals surface area contributed by atoms with E-state index in [0.717, 1.165) is 47.3 Å². The van der Waals surface area contributed by atoms with E-state index in [1.54, 1.807) is 21.3 Å². The topological polar surface area (TPSA) is 57.9 Å². The first-order chi connectivity index (χ1) is 16.0. The molecule has 170 valence electrons. The van der Waals surface area contributed by atoms with Gasteiger partial charge < -0.3 is 14.2 Å². The largest absolute Gasteiger partial charge is 0.493 e. The van der Waals surface area contributed by atoms with Crippen molar-refractivity contribution in [2.45, 2.75) is 26.2 Å². The predicted molar refractivity (Wildman–Crippen MR) is 130 cm³/mol. The van der Waals surface area contributed by atoms with E-state index in [0.29, 0.717) is 28.2 Å². The third-order valence-electron chi connectivity index (χ3n) is 6.37. The minimum absolute atomic E-state index is 0.568. The Morgan fingerprint density at radius 1 is 0.970 bits per heavy atom. The fourth-order valence-electron chi connectivity index (χ4n) is 4.68. The summed E-state index contributed by atoms with van der Waals surface area (Å²) in [5.41, 5.74) is 7.13. The maximum Gasteiger partial charge on any atom is 0.203 e. The number of ether oxygens (including phenoxy) is 3. The zero-order valence-corrected chi connectivity index (χ0v) is 19.9. The monoisotopic (exact) mass is 463 g/mol. The molecule has 1 aliphatic carbocycles. The Morgan fingerprint density at radius 3 is 2.30 bits per heavy atom. The van der Waals surface area contributed by atoms with Gasteiger partial charge in [-0.2, -0.15) is 5.10 Å². The summed E-state index contributed by atoms with van der Waals surface area (Å²) in [5.74, 6) is 2.36. The molecule has 0 amide bonds. The Hall–Kier alpha value is -3.25. The highest BCUT2D eigenvalue weighted by Crippen LogP contribution is 2.43. The van der Waals surface area contributed by atoms with Crippen LogP contribution in [0.3, 0.4) is 0 Å². The van der Waals surface area contributed by atoms with Crippen molar-refractivity contribution in [1.82, 2.24) is 14.6 Å². The van der Waals surface area contributed by atoms with Gasteiger partial charge in [0.2, 0.25) is 5.75 Å². The number of rotatable bonds is 5. The molecule has 2 aromatic carbocycles. The van der Waals surface area contributed by atoms with Crippen LogP contribution in [0.5, 0.6) is 17.2 Å². The van der Waals surface area contributed by atoms with Crippen LogP contribution < -0.4 is 14.2 Å². The van der Waals surface area contributed by atoms with Crippen LogP contribution in [-0.2, 0) is 12.8 Å². The van der Waals surface area contributed by atoms with Crippen molar-refractivity contribution in [2.24, 2.45) is 5.92 Å². The highest BCUT2D eigenvalue weighted by atomic mass is 35.5. The van der Waals surface area contributed by atoms with Gasteiger partial charge in [0.15, 0.2) is 17.1 Å². The predicted octanol–water partition coefficient (Wildman–Crippen LogP) is 5.87. The Morgan fingerprint density at radius 2 is 1.67 bits per heavy atom. The summed E-state index contributed by atoms with van der Waals surface area (Å²) in [6.45, 7) is 2.29. The molecule has 4 aromatic rings. The van der Waals surface area contributed by atoms with Crippen molar-refractivity contribution in [3.63, 3.8) is 0 Å². The number of hydrogen-bond donors (Lipinski definition) is 0. The molecule has 0 saturated carbocycles. The minimum atomic E-state index is 0.568. The summed E-state index contributed by atoms with van der Waals surface area (Å²) in [7, 11) is 4.87. The van der Waals surface area contributed by atoms with Crippen LogP contribution in [0.2, 0.25) is 5.02 Å². The van der Waals surface area contributed by atoms with Crippen LogP contribution in [0.15, 0.2) is 42.6 Å². The summed E-state index contributed by atoms with van der Waals surface area (Å²) in [5, 5.41) is 5.44. The summed E-state index contributed by atoms with van der Waals surface area (Å²) >= 11 is 6.12. The zero-order valence-electron chi connectivity index (χ0n) is 19.2. The standard InChI is InChI=1S/C26H26ClN3O3/c1-15-5-10-21-19(11-15)24(17-12-22(31-2)25(33-4)23(13-17)32-3)29-26-20(14-28-30(21)26)16-6-8-18(27)9-7-16/h6-9,12-15H,5,10-11H2,1-4H3. The summed E-state index contributed by atoms with van der Waals surface area (Å²) < 4.78 is 18.8. The molecule has 1 atom stereocenters. The number of halogens is 1. The maximum atomic E-state index is 6.12. The number of methoxy groups -OCH3 is 3. The molecule has 5 rings (SSSR count). The van der Waals surface area contributed by atoms with Crippen molar-refractivity contribution in [2.75, 3.05) is 21.3 Å². The van der Waals surface area contributed by atoms with Gasteiger partial charge in [0.05, 0.1) is 33.2 Å². The van der Waals surface area contributed by atoms with Crippen LogP contribution in [0.4, 0.5) is 0 Å². The zero-order chi connectivity index (χ0) is 23.1. The summed E-state index contributed by atoms with van der Waals surface area (Å²) in [6, 6.07) is 11.7. The first kappa shape index (κ1) is 21.6. The normalized spacial score (nSPS) is 15.4. The molecule has 0 aliphatic heterocycles. The van der Waals surface area contributed by atoms with Gasteiger partial charge in [0, 0.05) is 27.4 Å². The molecule has 1 unspecified atom stereocenters. The number of nitrogens with zero attached hydrogens (tertiary/aromatic N) is 3. The lowest BCUT2D eigenvalue weighted by atomic mass is 9.85. The molecule has 0 spiro atoms. The fourth-order valence-corrected chi connectivity index (χ4v) is 4.81. The Labute approximate surface area is 198 Å². The summed E-state index contributed by atoms with van der Waals surface area (Å²) in [6.07, 6.45) is 4.91. The van der Waals surface area contributed by atoms with Gasteiger partial charge >= 0.3 is 0 Å². The van der Waals surface area contributed by atoms with E-state index >= 15 is 0 Å². The van der Waals surface area contributed by atoms with Crippen LogP contribution >= 0.6 is 11.6 Å². The van der Waals surface area contributed by atoms with E-state index in [4.69, 9.17) is 35.9 Å². The molecular weight excluding hydrogens is 438 g/mol. The van der Waals surface area contributed by atoms with Crippen LogP contribution in [0.1, 0.15) is 24.6 Å². The molecule has 0 fully saturated rings. The highest BCUT2D eigenvalue weighted by Gasteiger charge is 2.26. The molecule has 1 aliphatic rings. The lowest BCUT2D eigenvalue weighted by Gasteiger charge is -2.25. The lowest BCUT2D eigenvalue weighted by molar-refractivity contribution is 0.324. The molecule has 0 bridgehead atoms. The van der Waals surface area contributed by atoms with Crippen molar-refractivity contribution in [3.05, 3.63) is 58.9 Å². The Kier molecular flexibility index (Phi) is 5.62. The highest BCUT2D eigenvalue weighted by molar-refractivity contribution is 6.30. The van der Waals surface area contributed by atoms with Gasteiger partial charge in [0.1, 0.15) is 0 Å². The van der Waals surface area contributed by atoms with Gasteiger partial charge in [-0.15, -0.1) is 0 Å². The average Bonchev–Trinajstić information content (AvgIpc) is 3.26. The van der Waals surface area contributed by atoms with Gasteiger partial charge in [-0.25, -0.2) is 9.50 Å². The van der Waals surface area contributed by atoms with Crippen LogP contribution in [-0.4, -0.2) is 35.9 Å². The molecule has 0 radical (unpaired) electrons. The summed E-state index contributed by atoms with van der Waals surface area (Å²) in [4.78, 5) is 5.17. The third-order valence-corrected chi connectivity index (χ3v) is 6.62. The van der Waals surface area contributed by atoms with Gasteiger partial charge in [-0.05, 0) is 55.0 Å². The van der Waals surface area contributed by atoms with Gasteiger partial charge in [-0.1, -0.05) is 30.7 Å². The Balaban J connectivity index is 1.79. The van der Waals surface area contributed by atoms with E-state index in [9.17, 15) is 0 Å². The van der Waals surface area contributed by atoms with Crippen molar-refractivity contribution in [3.8, 4) is 39.6 Å². The van der Waals surface area contributed by atoms with E-state index in [2.05, 4.69) is 6.92 Å². The van der Waals surface area contributed by atoms with E-state index in [1.165, 1.54) is 11.3 Å². The molecule has 0 saturated heterocycles. The minimum Gasteiger partial charge on any atom is -0.493 e. The molecule has 2 heterocycles. The first-order valence-corrected chi connectivity index (χ1v) is 11.4. The van der Waals surface area contributed by atoms with Gasteiger partial charge in [0.25, 0.3) is 0 Å². The molecule has 7 heteroatoms. The maximum absolute atomic E-state index is 6.12. The Bertz CT molecular complexity index is 1310. The number of fused-ring (bicyclic) bond motifs is 3. The van der Waals surface area contributed by atoms with E-state index in [-0.39, 0.29) is 0 Å². The average molecular weight is 464 g/mol. The number of hydrogen-bond acceptors (Lipinski definition) is 5. The first-order valence-electron chi connectivity index (χ1n) is 11.0. The second-order valence-electron chi connectivity index (χ2n) is 8.45. The SMILES string of the molecule is COc1cc(-c2nc3c(-c4ccc(Cl)cc4)cnn3c3c2CC(C)CC3)cc(OC)c1OC. The second kappa shape index (κ2) is 8.60. The lowest BCUT2D eigenvalue weighted by Crippen LogP contribution is -2.18. The van der Waals surface area contributed by atoms with E-state index in [1.807, 2.05) is 47.1 Å². The van der Waals surface area contributed by atoms with Crippen LogP contribution in [0.25, 0.3) is 28.0 Å². The third kappa shape index (κ3) is 3.68. The van der Waals surface area contributed by atoms with Crippen molar-refractivity contribution < 1.29 is 14.2 Å². The number of benzene rings is 2. The van der Waals surface area contributed by atoms with E-state index < -0.39 is 0 Å². The van der Waals surface area contributed by atoms with Crippen molar-refractivity contribution in [1.29, 1.82) is 0 Å². The molecule has 33 heavy (non-hydrogen) atoms. The number of aryl methyl sites for hydroxylation is 1. The second-order valence-corrected chi connectivity index (χ2v) is 8.88. The van der Waals surface area contributed by atoms with Crippen LogP contribution in [0, 0.1) is 5.92 Å². The fraction of sp³-hybridized carbons (Fsp3) is 0.308. The van der Waals surface area contributed by atoms with Crippen molar-refractivity contribution >= 4 is 17.2 Å². The molecule has 0 N–H and O–H groups in total. The quantitative estimate of drug-likeness (QED) is 0.370. The number of aromatic nitrogens is 3. The molecule has 2 aromatic heterocycles. The molecular formula is C26H26ClN3O3.